The number of rotatable bonds is 3. The summed E-state index contributed by atoms with van der Waals surface area (Å²) in [6.45, 7) is 1.54. The molecule has 0 aromatic carbocycles. The Labute approximate surface area is 131 Å². The van der Waals surface area contributed by atoms with Crippen LogP contribution in [0.25, 0.3) is 0 Å². The van der Waals surface area contributed by atoms with Crippen LogP contribution in [0.15, 0.2) is 12.3 Å². The highest BCUT2D eigenvalue weighted by molar-refractivity contribution is 5.99. The molecule has 1 N–H and O–H groups in total. The Morgan fingerprint density at radius 3 is 2.14 bits per heavy atom. The molecule has 4 aliphatic carbocycles. The first-order valence-electron chi connectivity index (χ1n) is 8.44. The lowest BCUT2D eigenvalue weighted by atomic mass is 9.53. The normalized spacial score (nSPS) is 35.6. The van der Waals surface area contributed by atoms with Crippen molar-refractivity contribution in [2.45, 2.75) is 51.0 Å². The number of aromatic nitrogens is 1. The molecule has 118 valence electrons. The number of carbonyl (C=O) groups is 2. The Kier molecular flexibility index (Phi) is 3.00. The summed E-state index contributed by atoms with van der Waals surface area (Å²) in [4.78, 5) is 24.2. The minimum atomic E-state index is -0.0167. The van der Waals surface area contributed by atoms with E-state index < -0.39 is 0 Å². The molecule has 0 radical (unpaired) electrons. The number of nitrogens with one attached hydrogen (secondary N) is 1. The monoisotopic (exact) mass is 300 g/mol. The highest BCUT2D eigenvalue weighted by Gasteiger charge is 2.51. The van der Waals surface area contributed by atoms with Crippen molar-refractivity contribution in [2.75, 3.05) is 0 Å². The molecule has 0 spiro atoms. The predicted molar refractivity (Wildman–Crippen MR) is 83.8 cm³/mol. The average Bonchev–Trinajstić information content (AvgIpc) is 2.79. The molecule has 0 unspecified atom stereocenters. The maximum absolute atomic E-state index is 12.7. The van der Waals surface area contributed by atoms with Gasteiger partial charge in [0.2, 0.25) is 0 Å². The maximum Gasteiger partial charge on any atom is 0.268 e. The van der Waals surface area contributed by atoms with Crippen LogP contribution in [0.3, 0.4) is 0 Å². The fourth-order valence-electron chi connectivity index (χ4n) is 5.55. The van der Waals surface area contributed by atoms with Crippen LogP contribution in [0.4, 0.5) is 0 Å². The van der Waals surface area contributed by atoms with Crippen LogP contribution in [-0.2, 0) is 7.05 Å². The molecule has 4 bridgehead atoms. The number of nitrogens with zero attached hydrogens (tertiary/aromatic N) is 1. The summed E-state index contributed by atoms with van der Waals surface area (Å²) >= 11 is 0. The predicted octanol–water partition coefficient (Wildman–Crippen LogP) is 2.93. The quantitative estimate of drug-likeness (QED) is 0.873. The van der Waals surface area contributed by atoms with E-state index in [9.17, 15) is 9.59 Å². The van der Waals surface area contributed by atoms with Gasteiger partial charge < -0.3 is 9.88 Å². The van der Waals surface area contributed by atoms with E-state index in [-0.39, 0.29) is 17.2 Å². The van der Waals surface area contributed by atoms with Crippen LogP contribution >= 0.6 is 0 Å². The summed E-state index contributed by atoms with van der Waals surface area (Å²) in [6.07, 6.45) is 9.30. The molecule has 1 aromatic rings. The van der Waals surface area contributed by atoms with Gasteiger partial charge in [0.1, 0.15) is 5.69 Å². The molecule has 4 aliphatic rings. The van der Waals surface area contributed by atoms with Gasteiger partial charge in [0.05, 0.1) is 0 Å². The van der Waals surface area contributed by atoms with Gasteiger partial charge in [-0.05, 0) is 69.3 Å². The first-order chi connectivity index (χ1) is 10.4. The summed E-state index contributed by atoms with van der Waals surface area (Å²) in [7, 11) is 1.83. The molecule has 1 heterocycles. The van der Waals surface area contributed by atoms with Crippen molar-refractivity contribution in [2.24, 2.45) is 24.8 Å². The van der Waals surface area contributed by atoms with E-state index in [4.69, 9.17) is 0 Å². The van der Waals surface area contributed by atoms with Gasteiger partial charge in [-0.25, -0.2) is 0 Å². The first kappa shape index (κ1) is 14.0. The zero-order valence-electron chi connectivity index (χ0n) is 13.4. The minimum absolute atomic E-state index is 0.00412. The van der Waals surface area contributed by atoms with Crippen LogP contribution in [0.2, 0.25) is 0 Å². The lowest BCUT2D eigenvalue weighted by molar-refractivity contribution is -0.0168. The van der Waals surface area contributed by atoms with Gasteiger partial charge in [-0.3, -0.25) is 9.59 Å². The maximum atomic E-state index is 12.7. The molecule has 0 aliphatic heterocycles. The molecule has 4 nitrogen and oxygen atoms in total. The number of Topliss-reactive ketones (excluding diaryl/α,β-unsaturated/α-hetero) is 1. The smallest absolute Gasteiger partial charge is 0.268 e. The summed E-state index contributed by atoms with van der Waals surface area (Å²) in [5.41, 5.74) is 1.23. The Bertz CT molecular complexity index is 608. The number of hydrogen-bond donors (Lipinski definition) is 1. The molecule has 4 fully saturated rings. The highest BCUT2D eigenvalue weighted by atomic mass is 16.2. The number of aryl methyl sites for hydroxylation is 1. The molecular weight excluding hydrogens is 276 g/mol. The van der Waals surface area contributed by atoms with E-state index in [0.717, 1.165) is 37.0 Å². The van der Waals surface area contributed by atoms with E-state index in [1.165, 1.54) is 26.2 Å². The second kappa shape index (κ2) is 4.71. The van der Waals surface area contributed by atoms with Crippen molar-refractivity contribution < 1.29 is 9.59 Å². The molecule has 1 amide bonds. The summed E-state index contributed by atoms with van der Waals surface area (Å²) in [5.74, 6) is 2.43. The van der Waals surface area contributed by atoms with Crippen LogP contribution in [0, 0.1) is 17.8 Å². The van der Waals surface area contributed by atoms with Crippen molar-refractivity contribution in [1.82, 2.24) is 9.88 Å². The summed E-state index contributed by atoms with van der Waals surface area (Å²) in [5, 5.41) is 3.36. The lowest BCUT2D eigenvalue weighted by Gasteiger charge is -2.56. The Balaban J connectivity index is 1.56. The molecule has 22 heavy (non-hydrogen) atoms. The SMILES string of the molecule is CC(=O)c1cc(C(=O)NC23CC4CC(CC(C4)C2)C3)n(C)c1. The van der Waals surface area contributed by atoms with Gasteiger partial charge in [0.25, 0.3) is 5.91 Å². The number of ketones is 1. The van der Waals surface area contributed by atoms with Crippen LogP contribution in [0.5, 0.6) is 0 Å². The van der Waals surface area contributed by atoms with E-state index in [1.54, 1.807) is 16.8 Å². The van der Waals surface area contributed by atoms with Crippen molar-refractivity contribution in [3.63, 3.8) is 0 Å². The molecule has 0 atom stereocenters. The first-order valence-corrected chi connectivity index (χ1v) is 8.44. The van der Waals surface area contributed by atoms with Crippen molar-refractivity contribution in [3.05, 3.63) is 23.5 Å². The third-order valence-corrected chi connectivity index (χ3v) is 6.06. The standard InChI is InChI=1S/C18H24N2O2/c1-11(21)15-6-16(20(2)10-15)17(22)19-18-7-12-3-13(8-18)5-14(4-12)9-18/h6,10,12-14H,3-5,7-9H2,1-2H3,(H,19,22). The Morgan fingerprint density at radius 1 is 1.14 bits per heavy atom. The molecule has 0 saturated heterocycles. The van der Waals surface area contributed by atoms with Gasteiger partial charge in [0.15, 0.2) is 5.78 Å². The van der Waals surface area contributed by atoms with Gasteiger partial charge >= 0.3 is 0 Å². The average molecular weight is 300 g/mol. The number of carbonyl (C=O) groups excluding carboxylic acids is 2. The minimum Gasteiger partial charge on any atom is -0.346 e. The van der Waals surface area contributed by atoms with Gasteiger partial charge in [-0.15, -0.1) is 0 Å². The second-order valence-electron chi connectivity index (χ2n) is 7.93. The fourth-order valence-corrected chi connectivity index (χ4v) is 5.55. The zero-order valence-corrected chi connectivity index (χ0v) is 13.4. The Morgan fingerprint density at radius 2 is 1.68 bits per heavy atom. The summed E-state index contributed by atoms with van der Waals surface area (Å²) in [6, 6.07) is 1.72. The molecule has 4 saturated carbocycles. The number of hydrogen-bond acceptors (Lipinski definition) is 2. The molecule has 1 aromatic heterocycles. The highest BCUT2D eigenvalue weighted by Crippen LogP contribution is 2.55. The zero-order chi connectivity index (χ0) is 15.5. The largest absolute Gasteiger partial charge is 0.346 e. The topological polar surface area (TPSA) is 51.1 Å². The molecule has 4 heteroatoms. The van der Waals surface area contributed by atoms with Crippen LogP contribution < -0.4 is 5.32 Å². The van der Waals surface area contributed by atoms with Crippen molar-refractivity contribution in [3.8, 4) is 0 Å². The van der Waals surface area contributed by atoms with Gasteiger partial charge in [-0.1, -0.05) is 0 Å². The van der Waals surface area contributed by atoms with Crippen molar-refractivity contribution in [1.29, 1.82) is 0 Å². The lowest BCUT2D eigenvalue weighted by Crippen LogP contribution is -2.60. The number of amides is 1. The van der Waals surface area contributed by atoms with Crippen LogP contribution in [-0.4, -0.2) is 21.8 Å². The van der Waals surface area contributed by atoms with Crippen molar-refractivity contribution >= 4 is 11.7 Å². The third-order valence-electron chi connectivity index (χ3n) is 6.06. The van der Waals surface area contributed by atoms with E-state index >= 15 is 0 Å². The molecule has 5 rings (SSSR count). The van der Waals surface area contributed by atoms with E-state index in [0.29, 0.717) is 11.3 Å². The Hall–Kier alpha value is -1.58. The van der Waals surface area contributed by atoms with Crippen LogP contribution in [0.1, 0.15) is 66.3 Å². The van der Waals surface area contributed by atoms with E-state index in [1.807, 2.05) is 7.05 Å². The fraction of sp³-hybridized carbons (Fsp3) is 0.667. The van der Waals surface area contributed by atoms with E-state index in [2.05, 4.69) is 5.32 Å². The third kappa shape index (κ3) is 2.20. The molecular formula is C18H24N2O2. The summed E-state index contributed by atoms with van der Waals surface area (Å²) < 4.78 is 1.77. The second-order valence-corrected chi connectivity index (χ2v) is 7.93. The van der Waals surface area contributed by atoms with Gasteiger partial charge in [0, 0.05) is 24.3 Å². The van der Waals surface area contributed by atoms with Gasteiger partial charge in [-0.2, -0.15) is 0 Å².